The lowest BCUT2D eigenvalue weighted by Gasteiger charge is -2.26. The SMILES string of the molecule is CCCCN1C(=O)c2ccc(C(=O)NC3CCCc4cc(N)ccc43)cc2C1=O.Cl. The molecule has 1 aliphatic heterocycles. The van der Waals surface area contributed by atoms with Crippen LogP contribution in [0.4, 0.5) is 5.69 Å². The van der Waals surface area contributed by atoms with Crippen LogP contribution < -0.4 is 11.1 Å². The van der Waals surface area contributed by atoms with Crippen LogP contribution in [-0.2, 0) is 6.42 Å². The summed E-state index contributed by atoms with van der Waals surface area (Å²) in [6.07, 6.45) is 4.45. The van der Waals surface area contributed by atoms with E-state index in [1.165, 1.54) is 10.5 Å². The van der Waals surface area contributed by atoms with Crippen molar-refractivity contribution in [1.82, 2.24) is 10.2 Å². The van der Waals surface area contributed by atoms with Crippen LogP contribution in [0.5, 0.6) is 0 Å². The van der Waals surface area contributed by atoms with Crippen molar-refractivity contribution < 1.29 is 14.4 Å². The highest BCUT2D eigenvalue weighted by Gasteiger charge is 2.35. The molecular weight excluding hydrogens is 402 g/mol. The summed E-state index contributed by atoms with van der Waals surface area (Å²) in [6.45, 7) is 2.42. The smallest absolute Gasteiger partial charge is 0.261 e. The van der Waals surface area contributed by atoms with Gasteiger partial charge in [0.25, 0.3) is 17.7 Å². The molecule has 1 unspecified atom stereocenters. The fourth-order valence-corrected chi connectivity index (χ4v) is 4.18. The minimum atomic E-state index is -0.313. The number of nitrogens with zero attached hydrogens (tertiary/aromatic N) is 1. The average molecular weight is 428 g/mol. The largest absolute Gasteiger partial charge is 0.399 e. The molecule has 1 atom stereocenters. The third kappa shape index (κ3) is 3.92. The maximum Gasteiger partial charge on any atom is 0.261 e. The molecule has 1 aliphatic carbocycles. The summed E-state index contributed by atoms with van der Waals surface area (Å²) < 4.78 is 0. The number of carbonyl (C=O) groups excluding carboxylic acids is 3. The lowest BCUT2D eigenvalue weighted by atomic mass is 9.87. The van der Waals surface area contributed by atoms with Crippen LogP contribution in [0.15, 0.2) is 36.4 Å². The molecule has 7 heteroatoms. The molecule has 2 aromatic rings. The van der Waals surface area contributed by atoms with Gasteiger partial charge in [-0.15, -0.1) is 12.4 Å². The van der Waals surface area contributed by atoms with Gasteiger partial charge in [0.05, 0.1) is 17.2 Å². The first-order valence-corrected chi connectivity index (χ1v) is 10.2. The molecule has 30 heavy (non-hydrogen) atoms. The van der Waals surface area contributed by atoms with E-state index in [1.807, 2.05) is 25.1 Å². The van der Waals surface area contributed by atoms with Crippen molar-refractivity contribution in [2.45, 2.75) is 45.1 Å². The topological polar surface area (TPSA) is 92.5 Å². The molecule has 0 fully saturated rings. The molecule has 0 spiro atoms. The molecule has 0 bridgehead atoms. The number of hydrogen-bond donors (Lipinski definition) is 2. The fourth-order valence-electron chi connectivity index (χ4n) is 4.18. The lowest BCUT2D eigenvalue weighted by Crippen LogP contribution is -2.31. The molecule has 158 valence electrons. The first-order chi connectivity index (χ1) is 14.0. The molecule has 0 saturated carbocycles. The highest BCUT2D eigenvalue weighted by Crippen LogP contribution is 2.31. The number of halogens is 1. The van der Waals surface area contributed by atoms with Crippen molar-refractivity contribution in [3.05, 3.63) is 64.2 Å². The normalized spacial score (nSPS) is 17.2. The Hall–Kier alpha value is -2.86. The first kappa shape index (κ1) is 21.8. The van der Waals surface area contributed by atoms with Gasteiger partial charge in [-0.2, -0.15) is 0 Å². The van der Waals surface area contributed by atoms with Gasteiger partial charge in [-0.05, 0) is 67.1 Å². The standard InChI is InChI=1S/C23H25N3O3.ClH/c1-2-3-11-26-22(28)18-9-7-15(13-19(18)23(26)29)21(27)25-20-6-4-5-14-12-16(24)8-10-17(14)20;/h7-10,12-13,20H,2-6,11,24H2,1H3,(H,25,27);1H. The van der Waals surface area contributed by atoms with Crippen LogP contribution in [0.25, 0.3) is 0 Å². The van der Waals surface area contributed by atoms with Gasteiger partial charge < -0.3 is 11.1 Å². The van der Waals surface area contributed by atoms with Crippen molar-refractivity contribution in [1.29, 1.82) is 0 Å². The Morgan fingerprint density at radius 3 is 2.67 bits per heavy atom. The van der Waals surface area contributed by atoms with Crippen LogP contribution in [0.3, 0.4) is 0 Å². The third-order valence-electron chi connectivity index (χ3n) is 5.75. The van der Waals surface area contributed by atoms with Gasteiger partial charge in [0.2, 0.25) is 0 Å². The number of amides is 3. The highest BCUT2D eigenvalue weighted by atomic mass is 35.5. The number of anilines is 1. The molecular formula is C23H26ClN3O3. The van der Waals surface area contributed by atoms with Crippen LogP contribution in [0, 0.1) is 0 Å². The highest BCUT2D eigenvalue weighted by molar-refractivity contribution is 6.22. The van der Waals surface area contributed by atoms with Gasteiger partial charge in [-0.3, -0.25) is 19.3 Å². The number of imide groups is 1. The number of benzene rings is 2. The molecule has 3 N–H and O–H groups in total. The monoisotopic (exact) mass is 427 g/mol. The number of unbranched alkanes of at least 4 members (excludes halogenated alkanes) is 1. The van der Waals surface area contributed by atoms with Gasteiger partial charge >= 0.3 is 0 Å². The second kappa shape index (κ2) is 8.88. The van der Waals surface area contributed by atoms with Crippen LogP contribution in [-0.4, -0.2) is 29.2 Å². The van der Waals surface area contributed by atoms with E-state index in [1.54, 1.807) is 18.2 Å². The molecule has 3 amide bonds. The Morgan fingerprint density at radius 1 is 1.13 bits per heavy atom. The number of fused-ring (bicyclic) bond motifs is 2. The average Bonchev–Trinajstić information content (AvgIpc) is 2.96. The predicted octanol–water partition coefficient (Wildman–Crippen LogP) is 3.89. The van der Waals surface area contributed by atoms with E-state index in [2.05, 4.69) is 5.32 Å². The van der Waals surface area contributed by atoms with E-state index in [0.717, 1.165) is 43.4 Å². The Balaban J connectivity index is 0.00000256. The summed E-state index contributed by atoms with van der Waals surface area (Å²) in [5.41, 5.74) is 9.96. The molecule has 1 heterocycles. The zero-order valence-corrected chi connectivity index (χ0v) is 17.8. The number of aryl methyl sites for hydroxylation is 1. The van der Waals surface area contributed by atoms with E-state index in [0.29, 0.717) is 23.2 Å². The lowest BCUT2D eigenvalue weighted by molar-refractivity contribution is 0.0652. The maximum atomic E-state index is 12.9. The molecule has 0 radical (unpaired) electrons. The summed E-state index contributed by atoms with van der Waals surface area (Å²) in [5, 5.41) is 3.08. The fraction of sp³-hybridized carbons (Fsp3) is 0.348. The van der Waals surface area contributed by atoms with Crippen molar-refractivity contribution in [2.75, 3.05) is 12.3 Å². The van der Waals surface area contributed by atoms with Crippen molar-refractivity contribution >= 4 is 35.8 Å². The Kier molecular flexibility index (Phi) is 6.46. The van der Waals surface area contributed by atoms with Crippen LogP contribution in [0.1, 0.15) is 80.8 Å². The maximum absolute atomic E-state index is 12.9. The second-order valence-corrected chi connectivity index (χ2v) is 7.75. The number of nitrogens with one attached hydrogen (secondary N) is 1. The molecule has 4 rings (SSSR count). The molecule has 6 nitrogen and oxygen atoms in total. The zero-order chi connectivity index (χ0) is 20.5. The minimum Gasteiger partial charge on any atom is -0.399 e. The zero-order valence-electron chi connectivity index (χ0n) is 16.9. The molecule has 0 aromatic heterocycles. The van der Waals surface area contributed by atoms with E-state index < -0.39 is 0 Å². The van der Waals surface area contributed by atoms with Gasteiger partial charge in [0, 0.05) is 17.8 Å². The number of carbonyl (C=O) groups is 3. The van der Waals surface area contributed by atoms with Crippen LogP contribution >= 0.6 is 12.4 Å². The summed E-state index contributed by atoms with van der Waals surface area (Å²) in [4.78, 5) is 39.3. The molecule has 2 aliphatic rings. The predicted molar refractivity (Wildman–Crippen MR) is 118 cm³/mol. The number of nitrogen functional groups attached to an aromatic ring is 1. The Labute approximate surface area is 182 Å². The number of rotatable bonds is 5. The quantitative estimate of drug-likeness (QED) is 0.559. The van der Waals surface area contributed by atoms with Crippen molar-refractivity contribution in [2.24, 2.45) is 0 Å². The van der Waals surface area contributed by atoms with Crippen molar-refractivity contribution in [3.8, 4) is 0 Å². The summed E-state index contributed by atoms with van der Waals surface area (Å²) in [6, 6.07) is 10.5. The number of nitrogens with two attached hydrogens (primary N) is 1. The summed E-state index contributed by atoms with van der Waals surface area (Å²) in [5.74, 6) is -0.828. The number of hydrogen-bond acceptors (Lipinski definition) is 4. The minimum absolute atomic E-state index is 0. The second-order valence-electron chi connectivity index (χ2n) is 7.75. The van der Waals surface area contributed by atoms with Gasteiger partial charge in [0.15, 0.2) is 0 Å². The van der Waals surface area contributed by atoms with Gasteiger partial charge in [0.1, 0.15) is 0 Å². The Morgan fingerprint density at radius 2 is 1.90 bits per heavy atom. The summed E-state index contributed by atoms with van der Waals surface area (Å²) in [7, 11) is 0. The third-order valence-corrected chi connectivity index (χ3v) is 5.75. The van der Waals surface area contributed by atoms with Gasteiger partial charge in [-0.1, -0.05) is 19.4 Å². The van der Waals surface area contributed by atoms with Crippen LogP contribution in [0.2, 0.25) is 0 Å². The molecule has 2 aromatic carbocycles. The van der Waals surface area contributed by atoms with E-state index in [-0.39, 0.29) is 36.2 Å². The van der Waals surface area contributed by atoms with Gasteiger partial charge in [-0.25, -0.2) is 0 Å². The summed E-state index contributed by atoms with van der Waals surface area (Å²) >= 11 is 0. The Bertz CT molecular complexity index is 1010. The van der Waals surface area contributed by atoms with Crippen molar-refractivity contribution in [3.63, 3.8) is 0 Å². The molecule has 0 saturated heterocycles. The van der Waals surface area contributed by atoms with E-state index in [4.69, 9.17) is 5.73 Å². The van der Waals surface area contributed by atoms with E-state index >= 15 is 0 Å². The first-order valence-electron chi connectivity index (χ1n) is 10.2. The van der Waals surface area contributed by atoms with E-state index in [9.17, 15) is 14.4 Å².